The largest absolute Gasteiger partial charge is 0.265 e. The van der Waals surface area contributed by atoms with Gasteiger partial charge in [0.05, 0.1) is 0 Å². The monoisotopic (exact) mass is 263 g/mol. The molecular weight excluding hydrogens is 250 g/mol. The predicted octanol–water partition coefficient (Wildman–Crippen LogP) is 3.97. The molecule has 2 heteroatoms. The zero-order valence-corrected chi connectivity index (χ0v) is 10.3. The maximum atomic E-state index is 3.78. The Morgan fingerprint density at radius 2 is 1.67 bits per heavy atom. The number of halogens is 1. The summed E-state index contributed by atoms with van der Waals surface area (Å²) in [6.45, 7) is 2.12. The van der Waals surface area contributed by atoms with Crippen molar-refractivity contribution in [2.45, 2.75) is 12.3 Å². The molecule has 1 aromatic carbocycles. The minimum Gasteiger partial charge on any atom is -0.265 e. The van der Waals surface area contributed by atoms with Crippen molar-refractivity contribution in [1.29, 1.82) is 0 Å². The normalized spacial score (nSPS) is 8.93. The van der Waals surface area contributed by atoms with E-state index in [1.807, 2.05) is 18.2 Å². The predicted molar refractivity (Wildman–Crippen MR) is 68.0 cm³/mol. The van der Waals surface area contributed by atoms with Crippen LogP contribution in [0.4, 0.5) is 0 Å². The van der Waals surface area contributed by atoms with Crippen molar-refractivity contribution in [2.75, 3.05) is 0 Å². The van der Waals surface area contributed by atoms with Crippen LogP contribution >= 0.6 is 15.9 Å². The van der Waals surface area contributed by atoms with E-state index in [0.29, 0.717) is 0 Å². The van der Waals surface area contributed by atoms with E-state index in [1.165, 1.54) is 11.1 Å². The molecule has 1 heterocycles. The van der Waals surface area contributed by atoms with Crippen LogP contribution in [0.25, 0.3) is 0 Å². The number of hydrogen-bond donors (Lipinski definition) is 0. The molecule has 1 aromatic heterocycles. The lowest BCUT2D eigenvalue weighted by atomic mass is 10.1. The van der Waals surface area contributed by atoms with Gasteiger partial charge < -0.3 is 0 Å². The first-order valence-corrected chi connectivity index (χ1v) is 5.92. The Balaban J connectivity index is 0.000000162. The van der Waals surface area contributed by atoms with Gasteiger partial charge in [0, 0.05) is 17.7 Å². The molecule has 2 aromatic rings. The van der Waals surface area contributed by atoms with Gasteiger partial charge in [-0.2, -0.15) is 0 Å². The van der Waals surface area contributed by atoms with E-state index in [-0.39, 0.29) is 0 Å². The van der Waals surface area contributed by atoms with E-state index in [1.54, 1.807) is 12.4 Å². The number of alkyl halides is 1. The van der Waals surface area contributed by atoms with E-state index in [4.69, 9.17) is 0 Å². The van der Waals surface area contributed by atoms with Gasteiger partial charge >= 0.3 is 0 Å². The number of nitrogens with zero attached hydrogens (tertiary/aromatic N) is 1. The zero-order valence-electron chi connectivity index (χ0n) is 8.73. The van der Waals surface area contributed by atoms with Crippen LogP contribution in [0.15, 0.2) is 54.9 Å². The van der Waals surface area contributed by atoms with Gasteiger partial charge in [-0.15, -0.1) is 0 Å². The highest BCUT2D eigenvalue weighted by Gasteiger charge is 1.90. The van der Waals surface area contributed by atoms with Crippen molar-refractivity contribution < 1.29 is 0 Å². The minimum absolute atomic E-state index is 0.958. The summed E-state index contributed by atoms with van der Waals surface area (Å²) in [5.74, 6) is 0. The topological polar surface area (TPSA) is 12.9 Å². The molecule has 0 atom stereocenters. The number of hydrogen-bond acceptors (Lipinski definition) is 1. The van der Waals surface area contributed by atoms with Gasteiger partial charge in [0.25, 0.3) is 0 Å². The molecule has 0 spiro atoms. The molecule has 15 heavy (non-hydrogen) atoms. The molecular formula is C13H14BrN. The van der Waals surface area contributed by atoms with Crippen LogP contribution in [-0.4, -0.2) is 4.98 Å². The molecule has 0 fully saturated rings. The molecule has 1 nitrogen and oxygen atoms in total. The van der Waals surface area contributed by atoms with Crippen molar-refractivity contribution in [3.05, 3.63) is 66.0 Å². The molecule has 0 saturated heterocycles. The van der Waals surface area contributed by atoms with E-state index in [2.05, 4.69) is 52.1 Å². The Bertz CT molecular complexity index is 347. The van der Waals surface area contributed by atoms with Crippen LogP contribution < -0.4 is 0 Å². The molecule has 0 aliphatic heterocycles. The lowest BCUT2D eigenvalue weighted by Gasteiger charge is -1.97. The van der Waals surface area contributed by atoms with Gasteiger partial charge in [-0.25, -0.2) is 0 Å². The highest BCUT2D eigenvalue weighted by Crippen LogP contribution is 2.09. The minimum atomic E-state index is 0.958. The van der Waals surface area contributed by atoms with Gasteiger partial charge in [-0.1, -0.05) is 46.3 Å². The second-order valence-corrected chi connectivity index (χ2v) is 3.65. The molecule has 2 rings (SSSR count). The molecule has 0 aliphatic rings. The summed E-state index contributed by atoms with van der Waals surface area (Å²) in [7, 11) is 0. The Kier molecular flexibility index (Phi) is 5.71. The van der Waals surface area contributed by atoms with Crippen molar-refractivity contribution in [3.63, 3.8) is 0 Å². The zero-order chi connectivity index (χ0) is 10.9. The fourth-order valence-corrected chi connectivity index (χ4v) is 1.70. The quantitative estimate of drug-likeness (QED) is 0.710. The maximum Gasteiger partial charge on any atom is 0.0285 e. The van der Waals surface area contributed by atoms with Crippen LogP contribution in [0.1, 0.15) is 11.1 Å². The van der Waals surface area contributed by atoms with Gasteiger partial charge in [0.15, 0.2) is 0 Å². The summed E-state index contributed by atoms with van der Waals surface area (Å²) in [6.07, 6.45) is 3.50. The van der Waals surface area contributed by atoms with Crippen LogP contribution in [0.3, 0.4) is 0 Å². The molecule has 0 N–H and O–H groups in total. The Morgan fingerprint density at radius 3 is 2.00 bits per heavy atom. The third-order valence-electron chi connectivity index (χ3n) is 1.97. The SMILES string of the molecule is Cc1ccccc1CBr.c1ccncc1. The van der Waals surface area contributed by atoms with Crippen molar-refractivity contribution >= 4 is 15.9 Å². The first kappa shape index (κ1) is 11.9. The fourth-order valence-electron chi connectivity index (χ4n) is 1.07. The van der Waals surface area contributed by atoms with E-state index < -0.39 is 0 Å². The lowest BCUT2D eigenvalue weighted by molar-refractivity contribution is 1.32. The first-order valence-electron chi connectivity index (χ1n) is 4.80. The van der Waals surface area contributed by atoms with Gasteiger partial charge in [-0.05, 0) is 30.2 Å². The molecule has 78 valence electrons. The summed E-state index contributed by atoms with van der Waals surface area (Å²) >= 11 is 3.41. The second-order valence-electron chi connectivity index (χ2n) is 3.08. The van der Waals surface area contributed by atoms with Gasteiger partial charge in [-0.3, -0.25) is 4.98 Å². The molecule has 0 saturated carbocycles. The van der Waals surface area contributed by atoms with Gasteiger partial charge in [0.2, 0.25) is 0 Å². The van der Waals surface area contributed by atoms with E-state index >= 15 is 0 Å². The highest BCUT2D eigenvalue weighted by molar-refractivity contribution is 9.08. The number of aromatic nitrogens is 1. The Labute approximate surface area is 99.3 Å². The number of pyridine rings is 1. The van der Waals surface area contributed by atoms with Crippen molar-refractivity contribution in [1.82, 2.24) is 4.98 Å². The summed E-state index contributed by atoms with van der Waals surface area (Å²) in [4.78, 5) is 3.78. The number of benzene rings is 1. The third-order valence-corrected chi connectivity index (χ3v) is 2.58. The van der Waals surface area contributed by atoms with Crippen LogP contribution in [-0.2, 0) is 5.33 Å². The first-order chi connectivity index (χ1) is 7.34. The number of aryl methyl sites for hydroxylation is 1. The summed E-state index contributed by atoms with van der Waals surface area (Å²) in [6, 6.07) is 14.1. The fraction of sp³-hybridized carbons (Fsp3) is 0.154. The van der Waals surface area contributed by atoms with Gasteiger partial charge in [0.1, 0.15) is 0 Å². The van der Waals surface area contributed by atoms with Crippen molar-refractivity contribution in [2.24, 2.45) is 0 Å². The number of rotatable bonds is 1. The molecule has 0 radical (unpaired) electrons. The van der Waals surface area contributed by atoms with E-state index in [0.717, 1.165) is 5.33 Å². The lowest BCUT2D eigenvalue weighted by Crippen LogP contribution is -1.80. The molecule has 0 unspecified atom stereocenters. The van der Waals surface area contributed by atoms with Crippen LogP contribution in [0.5, 0.6) is 0 Å². The van der Waals surface area contributed by atoms with Crippen LogP contribution in [0.2, 0.25) is 0 Å². The van der Waals surface area contributed by atoms with Crippen molar-refractivity contribution in [3.8, 4) is 0 Å². The Morgan fingerprint density at radius 1 is 1.00 bits per heavy atom. The smallest absolute Gasteiger partial charge is 0.0285 e. The highest BCUT2D eigenvalue weighted by atomic mass is 79.9. The third kappa shape index (κ3) is 4.75. The molecule has 0 amide bonds. The Hall–Kier alpha value is -1.15. The van der Waals surface area contributed by atoms with Crippen LogP contribution in [0, 0.1) is 6.92 Å². The summed E-state index contributed by atoms with van der Waals surface area (Å²) in [5.41, 5.74) is 2.73. The molecule has 0 aliphatic carbocycles. The maximum absolute atomic E-state index is 3.78. The summed E-state index contributed by atoms with van der Waals surface area (Å²) in [5, 5.41) is 0.958. The standard InChI is InChI=1S/C8H9Br.C5H5N/c1-7-4-2-3-5-8(7)6-9;1-2-4-6-5-3-1/h2-5H,6H2,1H3;1-5H. The summed E-state index contributed by atoms with van der Waals surface area (Å²) < 4.78 is 0. The second kappa shape index (κ2) is 7.18. The average Bonchev–Trinajstić information content (AvgIpc) is 2.33. The molecule has 0 bridgehead atoms. The van der Waals surface area contributed by atoms with E-state index in [9.17, 15) is 0 Å². The average molecular weight is 264 g/mol.